The average Bonchev–Trinajstić information content (AvgIpc) is 0.666. The van der Waals surface area contributed by atoms with E-state index in [0.29, 0.717) is 87.8 Å². The second-order valence-corrected chi connectivity index (χ2v) is 33.2. The number of non-ortho nitro benzene ring substituents is 1. The van der Waals surface area contributed by atoms with Gasteiger partial charge in [0.15, 0.2) is 0 Å². The van der Waals surface area contributed by atoms with E-state index >= 15 is 0 Å². The van der Waals surface area contributed by atoms with E-state index in [0.717, 1.165) is 75.7 Å². The Kier molecular flexibility index (Phi) is 37.4. The highest BCUT2D eigenvalue weighted by molar-refractivity contribution is 6.03. The van der Waals surface area contributed by atoms with Crippen molar-refractivity contribution in [1.29, 1.82) is 0 Å². The topological polar surface area (TPSA) is 266 Å². The molecule has 4 aromatic carbocycles. The van der Waals surface area contributed by atoms with Gasteiger partial charge in [0.25, 0.3) is 5.69 Å². The van der Waals surface area contributed by atoms with Crippen LogP contribution in [-0.2, 0) is 81.7 Å². The van der Waals surface area contributed by atoms with Crippen molar-refractivity contribution in [2.24, 2.45) is 0 Å². The van der Waals surface area contributed by atoms with Crippen LogP contribution in [-0.4, -0.2) is 149 Å². The first-order chi connectivity index (χ1) is 56.3. The van der Waals surface area contributed by atoms with E-state index in [2.05, 4.69) is 32.9 Å². The summed E-state index contributed by atoms with van der Waals surface area (Å²) in [7, 11) is 3.62. The van der Waals surface area contributed by atoms with Gasteiger partial charge in [-0.3, -0.25) is 10.1 Å². The maximum absolute atomic E-state index is 13.4. The maximum atomic E-state index is 13.4. The van der Waals surface area contributed by atoms with Gasteiger partial charge in [0.2, 0.25) is 0 Å². The SMILES string of the molecule is CCCOC(=O)C1=C(C)N(C(C)C)C(C)=C(C(=O)OC(C)C)C1c1ccc(C(C)(C)C)cc1.CCCOC(=O)C1=C(C)N(C(C)C)C(C)=C(C(=O)OC(C)C)C1c1ccc(C)cc1.CCCOC(=O)C1=C(C)N(C)C(C)=C(C(=O)OC(C)C)C1c1ccc([N+](=O)[O-])cc1.CCCOC(=O)C1=C(C)N(C)C(C)=C(C(=O)OC(C)C)C1c1ccccc1. The van der Waals surface area contributed by atoms with Gasteiger partial charge in [-0.1, -0.05) is 145 Å². The van der Waals surface area contributed by atoms with Crippen molar-refractivity contribution in [3.63, 3.8) is 0 Å². The molecule has 120 heavy (non-hydrogen) atoms. The van der Waals surface area contributed by atoms with Gasteiger partial charge in [0, 0.05) is 83.9 Å². The number of esters is 8. The van der Waals surface area contributed by atoms with Crippen LogP contribution in [0.4, 0.5) is 5.69 Å². The molecule has 0 radical (unpaired) electrons. The van der Waals surface area contributed by atoms with Crippen LogP contribution >= 0.6 is 0 Å². The zero-order valence-electron chi connectivity index (χ0n) is 76.8. The first-order valence-corrected chi connectivity index (χ1v) is 42.0. The van der Waals surface area contributed by atoms with E-state index < -0.39 is 64.4 Å². The number of nitrogens with zero attached hydrogens (tertiary/aromatic N) is 5. The predicted molar refractivity (Wildman–Crippen MR) is 468 cm³/mol. The molecule has 0 saturated carbocycles. The smallest absolute Gasteiger partial charge is 0.337 e. The quantitative estimate of drug-likeness (QED) is 0.0232. The molecule has 23 nitrogen and oxygen atoms in total. The predicted octanol–water partition coefficient (Wildman–Crippen LogP) is 19.7. The molecule has 0 spiro atoms. The molecule has 0 N–H and O–H groups in total. The molecule has 0 aliphatic carbocycles. The molecule has 0 aromatic heterocycles. The van der Waals surface area contributed by atoms with E-state index in [1.807, 2.05) is 234 Å². The summed E-state index contributed by atoms with van der Waals surface area (Å²) in [5, 5.41) is 11.1. The van der Waals surface area contributed by atoms with E-state index in [1.54, 1.807) is 51.8 Å². The molecule has 654 valence electrons. The molecular formula is C97H133N5O18. The van der Waals surface area contributed by atoms with Gasteiger partial charge in [-0.05, 0) is 204 Å². The summed E-state index contributed by atoms with van der Waals surface area (Å²) in [5.74, 6) is -5.76. The third-order valence-corrected chi connectivity index (χ3v) is 20.9. The Hall–Kier alpha value is -10.8. The molecular weight excluding hydrogens is 1520 g/mol. The Labute approximate surface area is 713 Å². The molecule has 0 bridgehead atoms. The van der Waals surface area contributed by atoms with Crippen LogP contribution in [0.2, 0.25) is 0 Å². The normalized spacial score (nSPS) is 17.1. The second kappa shape index (κ2) is 45.0. The summed E-state index contributed by atoms with van der Waals surface area (Å²) < 4.78 is 44.2. The number of nitro groups is 1. The van der Waals surface area contributed by atoms with Crippen LogP contribution in [0.1, 0.15) is 270 Å². The van der Waals surface area contributed by atoms with E-state index in [1.165, 1.54) is 17.7 Å². The molecule has 4 aliphatic rings. The third kappa shape index (κ3) is 24.7. The summed E-state index contributed by atoms with van der Waals surface area (Å²) in [4.78, 5) is 123. The summed E-state index contributed by atoms with van der Waals surface area (Å²) in [5.41, 5.74) is 15.1. The van der Waals surface area contributed by atoms with Crippen molar-refractivity contribution in [2.75, 3.05) is 40.5 Å². The highest BCUT2D eigenvalue weighted by Gasteiger charge is 2.46. The van der Waals surface area contributed by atoms with Crippen molar-refractivity contribution in [3.8, 4) is 0 Å². The number of rotatable bonds is 27. The number of hydrogen-bond donors (Lipinski definition) is 0. The number of nitro benzene ring substituents is 1. The van der Waals surface area contributed by atoms with Crippen LogP contribution in [0.5, 0.6) is 0 Å². The highest BCUT2D eigenvalue weighted by Crippen LogP contribution is 2.49. The number of ether oxygens (including phenoxy) is 8. The van der Waals surface area contributed by atoms with E-state index in [4.69, 9.17) is 37.9 Å². The molecule has 4 heterocycles. The largest absolute Gasteiger partial charge is 0.462 e. The molecule has 23 heteroatoms. The average molecular weight is 1660 g/mol. The van der Waals surface area contributed by atoms with Crippen molar-refractivity contribution in [2.45, 2.75) is 285 Å². The summed E-state index contributed by atoms with van der Waals surface area (Å²) in [6.45, 7) is 55.2. The van der Waals surface area contributed by atoms with Crippen molar-refractivity contribution >= 4 is 53.4 Å². The van der Waals surface area contributed by atoms with Crippen LogP contribution in [0.3, 0.4) is 0 Å². The molecule has 4 aliphatic heterocycles. The number of aryl methyl sites for hydroxylation is 1. The fraction of sp³-hybridized carbons (Fsp3) is 0.505. The minimum absolute atomic E-state index is 0.000656. The number of carbonyl (C=O) groups excluding carboxylic acids is 8. The molecule has 4 aromatic rings. The van der Waals surface area contributed by atoms with Crippen molar-refractivity contribution in [3.05, 3.63) is 237 Å². The standard InChI is InChI=1S/C28H41NO4.C25H35NO4.C22H28N2O6.C22H29NO4/c1-11-16-32-26(30)23-19(6)29(17(2)3)20(7)24(27(31)33-18(4)5)25(23)21-12-14-22(15-13-21)28(8,9)10;1-9-14-29-24(27)21-18(7)26(15(2)3)19(8)22(25(28)30-16(4)5)23(21)20-12-10-17(6)11-13-20;1-7-12-29-21(25)18-14(4)23(6)15(5)19(22(26)30-13(2)3)20(18)16-8-10-17(11-9-16)24(27)28;1-7-13-26-21(24)18-15(4)23(6)16(5)19(22(25)27-14(2)3)20(18)17-11-9-8-10-12-17/h12-15,17-18,25H,11,16H2,1-10H3;10-13,15-16,23H,9,14H2,1-8H3;8-11,13,20H,7,12H2,1-6H3;8-12,14,20H,7,13H2,1-6H3. The Morgan fingerprint density at radius 3 is 0.800 bits per heavy atom. The van der Waals surface area contributed by atoms with Crippen molar-refractivity contribution < 1.29 is 81.2 Å². The Bertz CT molecular complexity index is 4600. The minimum atomic E-state index is -0.752. The molecule has 8 rings (SSSR count). The van der Waals surface area contributed by atoms with Gasteiger partial charge < -0.3 is 57.5 Å². The van der Waals surface area contributed by atoms with Gasteiger partial charge in [0.05, 0.1) is 124 Å². The first-order valence-electron chi connectivity index (χ1n) is 42.0. The third-order valence-electron chi connectivity index (χ3n) is 20.9. The van der Waals surface area contributed by atoms with Gasteiger partial charge >= 0.3 is 47.8 Å². The number of benzene rings is 4. The Morgan fingerprint density at radius 1 is 0.342 bits per heavy atom. The fourth-order valence-corrected chi connectivity index (χ4v) is 15.1. The zero-order valence-corrected chi connectivity index (χ0v) is 76.8. The van der Waals surface area contributed by atoms with Crippen LogP contribution in [0.15, 0.2) is 193 Å². The summed E-state index contributed by atoms with van der Waals surface area (Å²) in [6, 6.07) is 31.7. The monoisotopic (exact) mass is 1660 g/mol. The number of carbonyl (C=O) groups is 8. The lowest BCUT2D eigenvalue weighted by Gasteiger charge is -2.40. The lowest BCUT2D eigenvalue weighted by Crippen LogP contribution is -2.39. The van der Waals surface area contributed by atoms with E-state index in [9.17, 15) is 48.5 Å². The van der Waals surface area contributed by atoms with Gasteiger partial charge in [-0.2, -0.15) is 0 Å². The summed E-state index contributed by atoms with van der Waals surface area (Å²) >= 11 is 0. The van der Waals surface area contributed by atoms with Crippen molar-refractivity contribution in [1.82, 2.24) is 19.6 Å². The molecule has 0 amide bonds. The van der Waals surface area contributed by atoms with Crippen LogP contribution in [0.25, 0.3) is 0 Å². The molecule has 4 unspecified atom stereocenters. The second-order valence-electron chi connectivity index (χ2n) is 33.2. The highest BCUT2D eigenvalue weighted by atomic mass is 16.6. The first kappa shape index (κ1) is 99.7. The van der Waals surface area contributed by atoms with Crippen LogP contribution < -0.4 is 0 Å². The van der Waals surface area contributed by atoms with Gasteiger partial charge in [-0.25, -0.2) is 38.4 Å². The maximum Gasteiger partial charge on any atom is 0.337 e. The molecule has 0 fully saturated rings. The van der Waals surface area contributed by atoms with E-state index in [-0.39, 0.29) is 66.1 Å². The lowest BCUT2D eigenvalue weighted by atomic mass is 9.78. The Balaban J connectivity index is 0.000000285. The van der Waals surface area contributed by atoms with Crippen LogP contribution in [0, 0.1) is 17.0 Å². The lowest BCUT2D eigenvalue weighted by molar-refractivity contribution is -0.384. The minimum Gasteiger partial charge on any atom is -0.462 e. The Morgan fingerprint density at radius 2 is 0.567 bits per heavy atom. The van der Waals surface area contributed by atoms with Gasteiger partial charge in [0.1, 0.15) is 0 Å². The zero-order chi connectivity index (χ0) is 90.4. The molecule has 0 saturated heterocycles. The molecule has 4 atom stereocenters. The fourth-order valence-electron chi connectivity index (χ4n) is 15.1. The van der Waals surface area contributed by atoms with Gasteiger partial charge in [-0.15, -0.1) is 0 Å². The number of hydrogen-bond acceptors (Lipinski definition) is 22. The number of allylic oxidation sites excluding steroid dienone is 8. The summed E-state index contributed by atoms with van der Waals surface area (Å²) in [6.07, 6.45) is 1.74.